The number of anilines is 1. The summed E-state index contributed by atoms with van der Waals surface area (Å²) >= 11 is 0. The second kappa shape index (κ2) is 9.55. The molecule has 0 atom stereocenters. The van der Waals surface area contributed by atoms with Gasteiger partial charge in [0.1, 0.15) is 29.1 Å². The van der Waals surface area contributed by atoms with E-state index < -0.39 is 11.8 Å². The van der Waals surface area contributed by atoms with Crippen molar-refractivity contribution in [1.82, 2.24) is 15.3 Å². The lowest BCUT2D eigenvalue weighted by Crippen LogP contribution is -2.32. The zero-order valence-electron chi connectivity index (χ0n) is 18.9. The van der Waals surface area contributed by atoms with Crippen LogP contribution in [0.3, 0.4) is 0 Å². The van der Waals surface area contributed by atoms with Crippen molar-refractivity contribution in [2.75, 3.05) is 25.5 Å². The molecule has 1 aromatic heterocycles. The van der Waals surface area contributed by atoms with Crippen molar-refractivity contribution in [2.45, 2.75) is 31.9 Å². The Morgan fingerprint density at radius 2 is 1.89 bits per heavy atom. The number of halogens is 2. The molecule has 1 fully saturated rings. The topological polar surface area (TPSA) is 125 Å². The number of carbonyl (C=O) groups excluding carboxylic acids is 1. The smallest absolute Gasteiger partial charge is 0.251 e. The number of carbonyl (C=O) groups is 1. The highest BCUT2D eigenvalue weighted by molar-refractivity contribution is 5.97. The van der Waals surface area contributed by atoms with Gasteiger partial charge in [-0.3, -0.25) is 4.79 Å². The van der Waals surface area contributed by atoms with E-state index in [9.17, 15) is 9.18 Å². The van der Waals surface area contributed by atoms with Crippen LogP contribution in [0, 0.1) is 11.8 Å². The Kier molecular flexibility index (Phi) is 6.31. The maximum absolute atomic E-state index is 15.0. The van der Waals surface area contributed by atoms with E-state index in [1.165, 1.54) is 6.07 Å². The quantitative estimate of drug-likeness (QED) is 0.512. The Balaban J connectivity index is 1.53. The van der Waals surface area contributed by atoms with E-state index in [1.807, 2.05) is 0 Å². The van der Waals surface area contributed by atoms with Crippen LogP contribution in [-0.4, -0.2) is 41.7 Å². The van der Waals surface area contributed by atoms with E-state index in [-0.39, 0.29) is 46.9 Å². The fraction of sp³-hybridized carbons (Fsp3) is 0.320. The number of hydrogen-bond donors (Lipinski definition) is 3. The third kappa shape index (κ3) is 4.54. The number of nitrogens with zero attached hydrogens (tertiary/aromatic N) is 2. The van der Waals surface area contributed by atoms with Crippen molar-refractivity contribution >= 4 is 11.7 Å². The fourth-order valence-corrected chi connectivity index (χ4v) is 4.41. The van der Waals surface area contributed by atoms with Crippen molar-refractivity contribution in [3.8, 4) is 28.3 Å². The van der Waals surface area contributed by atoms with Crippen LogP contribution in [0.15, 0.2) is 30.3 Å². The van der Waals surface area contributed by atoms with Crippen LogP contribution in [-0.2, 0) is 17.7 Å². The lowest BCUT2D eigenvalue weighted by atomic mass is 9.96. The van der Waals surface area contributed by atoms with Crippen molar-refractivity contribution in [2.24, 2.45) is 5.73 Å². The van der Waals surface area contributed by atoms with Gasteiger partial charge in [-0.05, 0) is 42.3 Å². The number of hydrogen-bond acceptors (Lipinski definition) is 7. The molecule has 1 amide bonds. The molecule has 0 spiro atoms. The molecule has 35 heavy (non-hydrogen) atoms. The Labute approximate surface area is 200 Å². The van der Waals surface area contributed by atoms with Crippen LogP contribution < -0.4 is 21.5 Å². The van der Waals surface area contributed by atoms with E-state index in [4.69, 9.17) is 20.9 Å². The zero-order valence-corrected chi connectivity index (χ0v) is 18.9. The molecule has 5 rings (SSSR count). The molecule has 3 heterocycles. The molecule has 0 saturated carbocycles. The monoisotopic (exact) mass is 481 g/mol. The van der Waals surface area contributed by atoms with Gasteiger partial charge < -0.3 is 26.3 Å². The molecule has 2 aromatic carbocycles. The predicted molar refractivity (Wildman–Crippen MR) is 126 cm³/mol. The highest BCUT2D eigenvalue weighted by Gasteiger charge is 2.24. The number of aromatic nitrogens is 2. The molecule has 182 valence electrons. The summed E-state index contributed by atoms with van der Waals surface area (Å²) in [5.74, 6) is -1.55. The van der Waals surface area contributed by atoms with E-state index in [1.54, 1.807) is 18.2 Å². The van der Waals surface area contributed by atoms with Crippen LogP contribution in [0.1, 0.15) is 34.3 Å². The molecule has 2 aliphatic heterocycles. The first-order chi connectivity index (χ1) is 16.9. The SMILES string of the molecule is NCc1cc(-c2nc(-c3cc4c(cc3F)C(=O)NCC4)c(N)nc2F)ccc1OC1CCOCC1. The summed E-state index contributed by atoms with van der Waals surface area (Å²) < 4.78 is 41.4. The molecule has 10 heteroatoms. The molecule has 2 aliphatic rings. The number of nitrogens with one attached hydrogen (secondary N) is 1. The maximum Gasteiger partial charge on any atom is 0.251 e. The van der Waals surface area contributed by atoms with Gasteiger partial charge in [-0.1, -0.05) is 0 Å². The Bertz CT molecular complexity index is 1290. The van der Waals surface area contributed by atoms with Gasteiger partial charge in [0.15, 0.2) is 5.82 Å². The largest absolute Gasteiger partial charge is 0.490 e. The first-order valence-corrected chi connectivity index (χ1v) is 11.5. The van der Waals surface area contributed by atoms with Crippen LogP contribution in [0.2, 0.25) is 0 Å². The number of amides is 1. The van der Waals surface area contributed by atoms with E-state index >= 15 is 4.39 Å². The standard InChI is InChI=1S/C25H25F2N5O3/c26-19-11-17-13(3-6-30-25(17)33)10-18(19)22-24(29)32-23(27)21(31-22)14-1-2-20(15(9-14)12-28)35-16-4-7-34-8-5-16/h1-2,9-11,16H,3-8,12,28H2,(H2,29,32)(H,30,33). The normalized spacial score (nSPS) is 16.0. The predicted octanol–water partition coefficient (Wildman–Crippen LogP) is 2.97. The van der Waals surface area contributed by atoms with Crippen LogP contribution in [0.5, 0.6) is 5.75 Å². The number of nitrogens with two attached hydrogens (primary N) is 2. The fourth-order valence-electron chi connectivity index (χ4n) is 4.41. The van der Waals surface area contributed by atoms with Crippen molar-refractivity contribution in [3.05, 3.63) is 58.8 Å². The van der Waals surface area contributed by atoms with Gasteiger partial charge in [0, 0.05) is 48.2 Å². The van der Waals surface area contributed by atoms with Crippen LogP contribution in [0.25, 0.3) is 22.5 Å². The highest BCUT2D eigenvalue weighted by Crippen LogP contribution is 2.34. The van der Waals surface area contributed by atoms with E-state index in [0.29, 0.717) is 48.6 Å². The summed E-state index contributed by atoms with van der Waals surface area (Å²) in [5, 5.41) is 2.68. The zero-order chi connectivity index (χ0) is 24.5. The Hall–Kier alpha value is -3.63. The number of benzene rings is 2. The second-order valence-electron chi connectivity index (χ2n) is 8.55. The van der Waals surface area contributed by atoms with Gasteiger partial charge in [0.05, 0.1) is 13.2 Å². The first kappa shape index (κ1) is 23.1. The third-order valence-electron chi connectivity index (χ3n) is 6.27. The number of fused-ring (bicyclic) bond motifs is 1. The van der Waals surface area contributed by atoms with Gasteiger partial charge in [-0.15, -0.1) is 0 Å². The summed E-state index contributed by atoms with van der Waals surface area (Å²) in [4.78, 5) is 20.2. The molecule has 0 radical (unpaired) electrons. The average Bonchev–Trinajstić information content (AvgIpc) is 2.86. The minimum atomic E-state index is -0.884. The molecular formula is C25H25F2N5O3. The lowest BCUT2D eigenvalue weighted by molar-refractivity contribution is 0.0252. The first-order valence-electron chi connectivity index (χ1n) is 11.5. The molecule has 0 unspecified atom stereocenters. The van der Waals surface area contributed by atoms with Crippen LogP contribution >= 0.6 is 0 Å². The third-order valence-corrected chi connectivity index (χ3v) is 6.27. The minimum Gasteiger partial charge on any atom is -0.490 e. The molecule has 5 N–H and O–H groups in total. The number of ether oxygens (including phenoxy) is 2. The van der Waals surface area contributed by atoms with Gasteiger partial charge in [-0.25, -0.2) is 9.37 Å². The van der Waals surface area contributed by atoms with Gasteiger partial charge >= 0.3 is 0 Å². The van der Waals surface area contributed by atoms with Gasteiger partial charge in [0.2, 0.25) is 5.95 Å². The van der Waals surface area contributed by atoms with Crippen molar-refractivity contribution in [3.63, 3.8) is 0 Å². The van der Waals surface area contributed by atoms with E-state index in [2.05, 4.69) is 15.3 Å². The molecular weight excluding hydrogens is 456 g/mol. The Morgan fingerprint density at radius 3 is 2.66 bits per heavy atom. The summed E-state index contributed by atoms with van der Waals surface area (Å²) in [6, 6.07) is 7.76. The van der Waals surface area contributed by atoms with Crippen molar-refractivity contribution in [1.29, 1.82) is 0 Å². The molecule has 3 aromatic rings. The lowest BCUT2D eigenvalue weighted by Gasteiger charge is -2.24. The highest BCUT2D eigenvalue weighted by atomic mass is 19.1. The maximum atomic E-state index is 15.0. The Morgan fingerprint density at radius 1 is 1.09 bits per heavy atom. The molecule has 8 nitrogen and oxygen atoms in total. The summed E-state index contributed by atoms with van der Waals surface area (Å²) in [6.07, 6.45) is 2.11. The van der Waals surface area contributed by atoms with Crippen molar-refractivity contribution < 1.29 is 23.0 Å². The summed E-state index contributed by atoms with van der Waals surface area (Å²) in [6.45, 7) is 1.89. The number of nitrogen functional groups attached to an aromatic ring is 1. The second-order valence-corrected chi connectivity index (χ2v) is 8.55. The van der Waals surface area contributed by atoms with E-state index in [0.717, 1.165) is 18.9 Å². The van der Waals surface area contributed by atoms with Gasteiger partial charge in [-0.2, -0.15) is 9.37 Å². The van der Waals surface area contributed by atoms with Gasteiger partial charge in [0.25, 0.3) is 5.91 Å². The summed E-state index contributed by atoms with van der Waals surface area (Å²) in [5.41, 5.74) is 13.9. The molecule has 1 saturated heterocycles. The minimum absolute atomic E-state index is 0.00418. The average molecular weight is 482 g/mol. The number of rotatable bonds is 5. The molecule has 0 aliphatic carbocycles. The summed E-state index contributed by atoms with van der Waals surface area (Å²) in [7, 11) is 0. The molecule has 0 bridgehead atoms. The van der Waals surface area contributed by atoms with Crippen LogP contribution in [0.4, 0.5) is 14.6 Å².